The third-order valence-corrected chi connectivity index (χ3v) is 1.73. The molecule has 0 saturated carbocycles. The van der Waals surface area contributed by atoms with Crippen LogP contribution in [-0.2, 0) is 9.53 Å². The van der Waals surface area contributed by atoms with Crippen molar-refractivity contribution in [3.05, 3.63) is 0 Å². The predicted molar refractivity (Wildman–Crippen MR) is 32.8 cm³/mol. The van der Waals surface area contributed by atoms with Gasteiger partial charge in [-0.25, -0.2) is 0 Å². The zero-order valence-electron chi connectivity index (χ0n) is 7.08. The molecular formula is C6H9NaO6. The van der Waals surface area contributed by atoms with Gasteiger partial charge in [0.2, 0.25) is 0 Å². The number of aliphatic hydroxyl groups is 3. The molecule has 4 atom stereocenters. The van der Waals surface area contributed by atoms with Crippen LogP contribution in [0, 0.1) is 0 Å². The van der Waals surface area contributed by atoms with Gasteiger partial charge >= 0.3 is 29.6 Å². The van der Waals surface area contributed by atoms with Crippen LogP contribution in [0.1, 0.15) is 0 Å². The van der Waals surface area contributed by atoms with Gasteiger partial charge in [0.25, 0.3) is 0 Å². The summed E-state index contributed by atoms with van der Waals surface area (Å²) in [6.07, 6.45) is -5.96. The standard InChI is InChI=1S/C6H10O6.Na/c7-2-1-12-5(6(10)11)4(9)3(2)8;/h2-5,7-9H,1H2,(H,10,11);/q;+1/p-1/t2?,3?,4?,5-;/m1./s1. The molecule has 1 aliphatic rings. The Kier molecular flexibility index (Phi) is 5.38. The van der Waals surface area contributed by atoms with Crippen molar-refractivity contribution in [2.75, 3.05) is 6.61 Å². The van der Waals surface area contributed by atoms with Gasteiger partial charge in [-0.3, -0.25) is 0 Å². The van der Waals surface area contributed by atoms with Crippen LogP contribution >= 0.6 is 0 Å². The summed E-state index contributed by atoms with van der Waals surface area (Å²) < 4.78 is 4.51. The molecule has 1 fully saturated rings. The van der Waals surface area contributed by atoms with Crippen molar-refractivity contribution in [3.63, 3.8) is 0 Å². The molecule has 0 aromatic rings. The van der Waals surface area contributed by atoms with E-state index < -0.39 is 30.4 Å². The SMILES string of the molecule is O=C([O-])[C@@H]1OCC(O)C(O)C1O.[Na+]. The van der Waals surface area contributed by atoms with E-state index in [1.165, 1.54) is 0 Å². The topological polar surface area (TPSA) is 110 Å². The summed E-state index contributed by atoms with van der Waals surface area (Å²) in [7, 11) is 0. The molecule has 1 aliphatic heterocycles. The van der Waals surface area contributed by atoms with E-state index in [1.54, 1.807) is 0 Å². The first kappa shape index (κ1) is 13.3. The quantitative estimate of drug-likeness (QED) is 0.363. The molecule has 3 N–H and O–H groups in total. The molecule has 3 unspecified atom stereocenters. The molecule has 0 radical (unpaired) electrons. The Hall–Kier alpha value is 0.310. The molecule has 0 aromatic carbocycles. The molecule has 13 heavy (non-hydrogen) atoms. The van der Waals surface area contributed by atoms with Gasteiger partial charge in [0.15, 0.2) is 0 Å². The van der Waals surface area contributed by atoms with Gasteiger partial charge in [-0.2, -0.15) is 0 Å². The van der Waals surface area contributed by atoms with Crippen LogP contribution in [0.4, 0.5) is 0 Å². The minimum atomic E-state index is -1.64. The van der Waals surface area contributed by atoms with Crippen molar-refractivity contribution in [1.29, 1.82) is 0 Å². The third-order valence-electron chi connectivity index (χ3n) is 1.73. The van der Waals surface area contributed by atoms with Gasteiger partial charge < -0.3 is 30.0 Å². The third kappa shape index (κ3) is 2.88. The van der Waals surface area contributed by atoms with Gasteiger partial charge in [-0.1, -0.05) is 0 Å². The normalized spacial score (nSPS) is 39.3. The first-order chi connectivity index (χ1) is 5.54. The van der Waals surface area contributed by atoms with Crippen LogP contribution in [-0.4, -0.2) is 52.3 Å². The van der Waals surface area contributed by atoms with Crippen LogP contribution < -0.4 is 34.7 Å². The molecule has 1 heterocycles. The Morgan fingerprint density at radius 1 is 1.31 bits per heavy atom. The summed E-state index contributed by atoms with van der Waals surface area (Å²) in [5, 5.41) is 37.1. The van der Waals surface area contributed by atoms with Gasteiger partial charge in [0.05, 0.1) is 12.6 Å². The van der Waals surface area contributed by atoms with Crippen molar-refractivity contribution in [2.24, 2.45) is 0 Å². The van der Waals surface area contributed by atoms with E-state index in [9.17, 15) is 9.90 Å². The van der Waals surface area contributed by atoms with Crippen LogP contribution in [0.5, 0.6) is 0 Å². The maximum Gasteiger partial charge on any atom is 1.00 e. The monoisotopic (exact) mass is 200 g/mol. The molecule has 0 spiro atoms. The first-order valence-corrected chi connectivity index (χ1v) is 3.40. The van der Waals surface area contributed by atoms with E-state index in [1.807, 2.05) is 0 Å². The summed E-state index contributed by atoms with van der Waals surface area (Å²) in [5.74, 6) is -1.60. The van der Waals surface area contributed by atoms with Crippen molar-refractivity contribution in [3.8, 4) is 0 Å². The Bertz CT molecular complexity index is 186. The van der Waals surface area contributed by atoms with Crippen LogP contribution in [0.3, 0.4) is 0 Å². The fourth-order valence-electron chi connectivity index (χ4n) is 1.01. The fourth-order valence-corrected chi connectivity index (χ4v) is 1.01. The Balaban J connectivity index is 0.00000144. The van der Waals surface area contributed by atoms with E-state index in [0.29, 0.717) is 0 Å². The van der Waals surface area contributed by atoms with Gasteiger partial charge in [-0.15, -0.1) is 0 Å². The van der Waals surface area contributed by atoms with E-state index in [0.717, 1.165) is 0 Å². The second kappa shape index (κ2) is 5.26. The van der Waals surface area contributed by atoms with Gasteiger partial charge in [-0.05, 0) is 0 Å². The summed E-state index contributed by atoms with van der Waals surface area (Å²) in [6.45, 7) is -0.323. The minimum Gasteiger partial charge on any atom is -0.547 e. The average Bonchev–Trinajstić information content (AvgIpc) is 2.00. The molecule has 6 nitrogen and oxygen atoms in total. The fraction of sp³-hybridized carbons (Fsp3) is 0.833. The summed E-state index contributed by atoms with van der Waals surface area (Å²) in [5.41, 5.74) is 0. The maximum atomic E-state index is 10.2. The molecule has 0 aliphatic carbocycles. The van der Waals surface area contributed by atoms with E-state index in [4.69, 9.17) is 15.3 Å². The molecule has 0 aromatic heterocycles. The number of hydrogen-bond acceptors (Lipinski definition) is 6. The second-order valence-electron chi connectivity index (χ2n) is 2.62. The van der Waals surface area contributed by atoms with E-state index in [-0.39, 0.29) is 36.2 Å². The zero-order chi connectivity index (χ0) is 9.30. The van der Waals surface area contributed by atoms with Crippen LogP contribution in [0.15, 0.2) is 0 Å². The van der Waals surface area contributed by atoms with Crippen LogP contribution in [0.2, 0.25) is 0 Å². The van der Waals surface area contributed by atoms with Crippen molar-refractivity contribution in [2.45, 2.75) is 24.4 Å². The molecule has 1 saturated heterocycles. The largest absolute Gasteiger partial charge is 1.00 e. The number of hydrogen-bond donors (Lipinski definition) is 3. The molecule has 7 heteroatoms. The molecule has 70 valence electrons. The molecule has 0 bridgehead atoms. The van der Waals surface area contributed by atoms with Crippen molar-refractivity contribution >= 4 is 5.97 Å². The van der Waals surface area contributed by atoms with Gasteiger partial charge in [0.1, 0.15) is 24.4 Å². The zero-order valence-corrected chi connectivity index (χ0v) is 9.08. The summed E-state index contributed by atoms with van der Waals surface area (Å²) in [6, 6.07) is 0. The van der Waals surface area contributed by atoms with Crippen molar-refractivity contribution in [1.82, 2.24) is 0 Å². The average molecular weight is 200 g/mol. The van der Waals surface area contributed by atoms with Crippen molar-refractivity contribution < 1.29 is 59.5 Å². The number of aliphatic carboxylic acids is 1. The second-order valence-corrected chi connectivity index (χ2v) is 2.62. The maximum absolute atomic E-state index is 10.2. The predicted octanol–water partition coefficient (Wildman–Crippen LogP) is -6.78. The number of ether oxygens (including phenoxy) is 1. The number of carboxylic acids is 1. The Labute approximate surface area is 96.4 Å². The van der Waals surface area contributed by atoms with Crippen LogP contribution in [0.25, 0.3) is 0 Å². The number of carbonyl (C=O) groups excluding carboxylic acids is 1. The number of carboxylic acid groups (broad SMARTS) is 1. The van der Waals surface area contributed by atoms with E-state index in [2.05, 4.69) is 4.74 Å². The summed E-state index contributed by atoms with van der Waals surface area (Å²) in [4.78, 5) is 10.2. The number of rotatable bonds is 1. The smallest absolute Gasteiger partial charge is 0.547 e. The first-order valence-electron chi connectivity index (χ1n) is 3.40. The van der Waals surface area contributed by atoms with E-state index >= 15 is 0 Å². The Morgan fingerprint density at radius 3 is 2.31 bits per heavy atom. The summed E-state index contributed by atoms with van der Waals surface area (Å²) >= 11 is 0. The number of aliphatic hydroxyl groups excluding tert-OH is 3. The minimum absolute atomic E-state index is 0. The molecule has 1 rings (SSSR count). The molecular weight excluding hydrogens is 191 g/mol. The molecule has 0 amide bonds. The Morgan fingerprint density at radius 2 is 1.85 bits per heavy atom. The number of carbonyl (C=O) groups is 1. The van der Waals surface area contributed by atoms with Gasteiger partial charge in [0, 0.05) is 0 Å².